The average molecular weight is 368 g/mol. The molecule has 18 heavy (non-hydrogen) atoms. The van der Waals surface area contributed by atoms with Gasteiger partial charge >= 0.3 is 32.2 Å². The molecule has 0 aliphatic carbocycles. The van der Waals surface area contributed by atoms with Gasteiger partial charge < -0.3 is 0 Å². The zero-order chi connectivity index (χ0) is 12.7. The third-order valence-corrected chi connectivity index (χ3v) is 1.88. The molecule has 3 radical (unpaired) electrons. The zero-order valence-corrected chi connectivity index (χ0v) is 11.4. The van der Waals surface area contributed by atoms with Crippen LogP contribution >= 0.6 is 0 Å². The first-order chi connectivity index (χ1) is 7.97. The van der Waals surface area contributed by atoms with Gasteiger partial charge in [0, 0.05) is 8.41 Å². The Morgan fingerprint density at radius 3 is 1.00 bits per heavy atom. The van der Waals surface area contributed by atoms with Gasteiger partial charge in [-0.1, -0.05) is 60.7 Å². The molecule has 2 aromatic carbocycles. The number of halogens is 5. The molecular formula is C12H10BF4I-. The van der Waals surface area contributed by atoms with E-state index in [2.05, 4.69) is 48.5 Å². The van der Waals surface area contributed by atoms with Crippen LogP contribution in [0.1, 0.15) is 0 Å². The molecule has 0 N–H and O–H groups in total. The molecule has 0 atom stereocenters. The Bertz CT molecular complexity index is 387. The summed E-state index contributed by atoms with van der Waals surface area (Å²) in [6.45, 7) is 0. The van der Waals surface area contributed by atoms with Gasteiger partial charge in [-0.15, -0.1) is 0 Å². The predicted molar refractivity (Wildman–Crippen MR) is 62.1 cm³/mol. The first-order valence-electron chi connectivity index (χ1n) is 4.64. The van der Waals surface area contributed by atoms with Gasteiger partial charge in [-0.3, -0.25) is 0 Å². The summed E-state index contributed by atoms with van der Waals surface area (Å²) in [4.78, 5) is 0. The van der Waals surface area contributed by atoms with E-state index in [-0.39, 0.29) is 8.41 Å². The van der Waals surface area contributed by atoms with Gasteiger partial charge in [-0.05, 0) is 11.1 Å². The van der Waals surface area contributed by atoms with Crippen molar-refractivity contribution >= 4 is 8.41 Å². The summed E-state index contributed by atoms with van der Waals surface area (Å²) in [6.07, 6.45) is 0. The molecule has 2 rings (SSSR count). The Hall–Kier alpha value is -1.05. The van der Waals surface area contributed by atoms with Crippen LogP contribution in [0, 0.1) is 0 Å². The van der Waals surface area contributed by atoms with Gasteiger partial charge in [0.1, 0.15) is 0 Å². The maximum Gasteiger partial charge on any atom is 0 e. The van der Waals surface area contributed by atoms with Crippen LogP contribution in [0.2, 0.25) is 0 Å². The van der Waals surface area contributed by atoms with E-state index < -0.39 is 20.7 Å². The molecule has 0 aromatic heterocycles. The fraction of sp³-hybridized carbons (Fsp3) is 0. The van der Waals surface area contributed by atoms with Crippen molar-refractivity contribution in [1.29, 1.82) is 0 Å². The minimum Gasteiger partial charge on any atom is -0.0622 e. The topological polar surface area (TPSA) is 0 Å². The Morgan fingerprint density at radius 2 is 0.778 bits per heavy atom. The molecule has 0 aliphatic rings. The van der Waals surface area contributed by atoms with E-state index in [9.17, 15) is 11.4 Å². The number of hydrogen-bond donors (Lipinski definition) is 0. The Balaban J connectivity index is 0.000000421. The van der Waals surface area contributed by atoms with Crippen LogP contribution in [0.15, 0.2) is 60.7 Å². The average Bonchev–Trinajstić information content (AvgIpc) is 2.29. The standard InChI is InChI=1S/C12H10.B.F4I/c1-3-7-11(8-4-1)12-9-5-2-6-10-12;;1-5(2,3)4/h1-10H;;/q;;-1. The molecule has 0 heterocycles. The molecule has 6 heteroatoms. The van der Waals surface area contributed by atoms with Gasteiger partial charge in [0.25, 0.3) is 0 Å². The molecule has 0 saturated heterocycles. The van der Waals surface area contributed by atoms with Crippen LogP contribution in [0.4, 0.5) is 11.4 Å². The summed E-state index contributed by atoms with van der Waals surface area (Å²) in [6, 6.07) is 20.8. The van der Waals surface area contributed by atoms with Crippen molar-refractivity contribution in [3.05, 3.63) is 60.7 Å². The SMILES string of the molecule is F[I-](F)(F)F.[B].c1ccc(-c2ccccc2)cc1. The summed E-state index contributed by atoms with van der Waals surface area (Å²) < 4.78 is 39.5. The number of benzene rings is 2. The fourth-order valence-electron chi connectivity index (χ4n) is 1.26. The summed E-state index contributed by atoms with van der Waals surface area (Å²) in [5, 5.41) is 0. The van der Waals surface area contributed by atoms with Gasteiger partial charge in [-0.25, -0.2) is 0 Å². The Morgan fingerprint density at radius 1 is 0.556 bits per heavy atom. The first kappa shape index (κ1) is 17.0. The second kappa shape index (κ2) is 8.13. The fourth-order valence-corrected chi connectivity index (χ4v) is 1.26. The summed E-state index contributed by atoms with van der Waals surface area (Å²) in [5.74, 6) is 0. The van der Waals surface area contributed by atoms with Crippen molar-refractivity contribution in [3.8, 4) is 11.1 Å². The molecule has 0 fully saturated rings. The van der Waals surface area contributed by atoms with Crippen LogP contribution in [0.3, 0.4) is 0 Å². The third-order valence-electron chi connectivity index (χ3n) is 1.88. The third kappa shape index (κ3) is 8.11. The molecule has 0 amide bonds. The van der Waals surface area contributed by atoms with Crippen LogP contribution < -0.4 is 20.7 Å². The van der Waals surface area contributed by atoms with Gasteiger partial charge in [-0.2, -0.15) is 0 Å². The van der Waals surface area contributed by atoms with Crippen LogP contribution in [-0.4, -0.2) is 8.41 Å². The Labute approximate surface area is 112 Å². The predicted octanol–water partition coefficient (Wildman–Crippen LogP) is 1.66. The minimum absolute atomic E-state index is 0. The van der Waals surface area contributed by atoms with E-state index in [0.29, 0.717) is 0 Å². The van der Waals surface area contributed by atoms with E-state index in [1.165, 1.54) is 11.1 Å². The molecule has 2 aromatic rings. The maximum atomic E-state index is 9.87. The molecule has 97 valence electrons. The van der Waals surface area contributed by atoms with Gasteiger partial charge in [0.05, 0.1) is 0 Å². The minimum atomic E-state index is -6.94. The summed E-state index contributed by atoms with van der Waals surface area (Å²) in [7, 11) is 0. The van der Waals surface area contributed by atoms with Crippen molar-refractivity contribution < 1.29 is 32.2 Å². The molecule has 0 unspecified atom stereocenters. The van der Waals surface area contributed by atoms with Crippen molar-refractivity contribution in [2.75, 3.05) is 0 Å². The van der Waals surface area contributed by atoms with Crippen molar-refractivity contribution in [1.82, 2.24) is 0 Å². The second-order valence-electron chi connectivity index (χ2n) is 3.06. The summed E-state index contributed by atoms with van der Waals surface area (Å²) >= 11 is -6.94. The molecular weight excluding hydrogens is 358 g/mol. The Kier molecular flexibility index (Phi) is 7.65. The quantitative estimate of drug-likeness (QED) is 0.408. The molecule has 0 bridgehead atoms. The van der Waals surface area contributed by atoms with E-state index in [0.717, 1.165) is 0 Å². The van der Waals surface area contributed by atoms with E-state index in [4.69, 9.17) is 0 Å². The van der Waals surface area contributed by atoms with Crippen LogP contribution in [0.5, 0.6) is 0 Å². The van der Waals surface area contributed by atoms with E-state index in [1.54, 1.807) is 0 Å². The summed E-state index contributed by atoms with van der Waals surface area (Å²) in [5.41, 5.74) is 2.55. The zero-order valence-electron chi connectivity index (χ0n) is 9.24. The monoisotopic (exact) mass is 368 g/mol. The van der Waals surface area contributed by atoms with Crippen molar-refractivity contribution in [2.45, 2.75) is 0 Å². The van der Waals surface area contributed by atoms with Gasteiger partial charge in [0.2, 0.25) is 0 Å². The van der Waals surface area contributed by atoms with Crippen LogP contribution in [-0.2, 0) is 0 Å². The van der Waals surface area contributed by atoms with E-state index >= 15 is 0 Å². The maximum absolute atomic E-state index is 9.87. The van der Waals surface area contributed by atoms with Gasteiger partial charge in [0.15, 0.2) is 0 Å². The molecule has 0 nitrogen and oxygen atoms in total. The van der Waals surface area contributed by atoms with Crippen molar-refractivity contribution in [3.63, 3.8) is 0 Å². The van der Waals surface area contributed by atoms with Crippen molar-refractivity contribution in [2.24, 2.45) is 0 Å². The smallest absolute Gasteiger partial charge is 0 e. The molecule has 0 saturated carbocycles. The normalized spacial score (nSPS) is 10.7. The first-order valence-corrected chi connectivity index (χ1v) is 7.90. The largest absolute Gasteiger partial charge is 0.0622 e. The number of rotatable bonds is 1. The van der Waals surface area contributed by atoms with E-state index in [1.807, 2.05) is 12.1 Å². The second-order valence-corrected chi connectivity index (χ2v) is 4.91. The molecule has 0 spiro atoms. The van der Waals surface area contributed by atoms with Crippen LogP contribution in [0.25, 0.3) is 11.1 Å². The molecule has 0 aliphatic heterocycles. The number of hydrogen-bond acceptors (Lipinski definition) is 0.